The lowest BCUT2D eigenvalue weighted by molar-refractivity contribution is 0.724. The van der Waals surface area contributed by atoms with Crippen molar-refractivity contribution in [1.82, 2.24) is 4.98 Å². The Kier molecular flexibility index (Phi) is 2.77. The standard InChI is InChI=1S/C12H14N2S2/c1-8-10(4-5-15-8)14-9-2-3-11-12(6-9)16-7-13-11/h2-3,6-8,10,14H,4-5H2,1H3. The summed E-state index contributed by atoms with van der Waals surface area (Å²) in [5.41, 5.74) is 4.24. The molecule has 2 nitrogen and oxygen atoms in total. The van der Waals surface area contributed by atoms with Crippen molar-refractivity contribution >= 4 is 39.0 Å². The Morgan fingerprint density at radius 1 is 1.44 bits per heavy atom. The van der Waals surface area contributed by atoms with Crippen LogP contribution in [0.2, 0.25) is 0 Å². The molecule has 1 aliphatic heterocycles. The fourth-order valence-electron chi connectivity index (χ4n) is 2.08. The first-order chi connectivity index (χ1) is 7.83. The number of hydrogen-bond acceptors (Lipinski definition) is 4. The van der Waals surface area contributed by atoms with Crippen molar-refractivity contribution in [3.8, 4) is 0 Å². The molecule has 1 saturated heterocycles. The van der Waals surface area contributed by atoms with Gasteiger partial charge in [-0.25, -0.2) is 4.98 Å². The Labute approximate surface area is 103 Å². The molecule has 1 aromatic carbocycles. The maximum Gasteiger partial charge on any atom is 0.0813 e. The quantitative estimate of drug-likeness (QED) is 0.881. The number of thioether (sulfide) groups is 1. The van der Waals surface area contributed by atoms with Crippen molar-refractivity contribution in [2.24, 2.45) is 0 Å². The number of fused-ring (bicyclic) bond motifs is 1. The zero-order valence-corrected chi connectivity index (χ0v) is 10.8. The smallest absolute Gasteiger partial charge is 0.0813 e. The molecule has 1 aliphatic rings. The number of hydrogen-bond donors (Lipinski definition) is 1. The third-order valence-corrected chi connectivity index (χ3v) is 5.18. The van der Waals surface area contributed by atoms with E-state index in [4.69, 9.17) is 0 Å². The highest BCUT2D eigenvalue weighted by molar-refractivity contribution is 8.00. The maximum atomic E-state index is 4.29. The molecule has 16 heavy (non-hydrogen) atoms. The van der Waals surface area contributed by atoms with Crippen molar-refractivity contribution in [3.05, 3.63) is 23.7 Å². The third-order valence-electron chi connectivity index (χ3n) is 3.06. The molecule has 2 heterocycles. The zero-order valence-electron chi connectivity index (χ0n) is 9.14. The number of thiazole rings is 1. The molecule has 2 atom stereocenters. The summed E-state index contributed by atoms with van der Waals surface area (Å²) in [6.07, 6.45) is 1.27. The number of aromatic nitrogens is 1. The molecular weight excluding hydrogens is 236 g/mol. The molecule has 0 aliphatic carbocycles. The van der Waals surface area contributed by atoms with Crippen molar-refractivity contribution in [2.75, 3.05) is 11.1 Å². The highest BCUT2D eigenvalue weighted by Crippen LogP contribution is 2.30. The molecule has 1 N–H and O–H groups in total. The SMILES string of the molecule is CC1SCCC1Nc1ccc2ncsc2c1. The second-order valence-electron chi connectivity index (χ2n) is 4.15. The number of anilines is 1. The molecular formula is C12H14N2S2. The van der Waals surface area contributed by atoms with Crippen LogP contribution in [0.25, 0.3) is 10.2 Å². The Balaban J connectivity index is 1.83. The fraction of sp³-hybridized carbons (Fsp3) is 0.417. The molecule has 1 fully saturated rings. The second-order valence-corrected chi connectivity index (χ2v) is 6.52. The van der Waals surface area contributed by atoms with Gasteiger partial charge in [0.15, 0.2) is 0 Å². The van der Waals surface area contributed by atoms with E-state index in [1.54, 1.807) is 11.3 Å². The van der Waals surface area contributed by atoms with Crippen LogP contribution >= 0.6 is 23.1 Å². The van der Waals surface area contributed by atoms with Gasteiger partial charge in [-0.15, -0.1) is 11.3 Å². The lowest BCUT2D eigenvalue weighted by Gasteiger charge is -2.17. The Bertz CT molecular complexity index is 494. The predicted molar refractivity (Wildman–Crippen MR) is 73.6 cm³/mol. The van der Waals surface area contributed by atoms with E-state index in [1.807, 2.05) is 5.51 Å². The van der Waals surface area contributed by atoms with Crippen LogP contribution in [0.4, 0.5) is 5.69 Å². The Morgan fingerprint density at radius 3 is 3.19 bits per heavy atom. The van der Waals surface area contributed by atoms with Gasteiger partial charge < -0.3 is 5.32 Å². The lowest BCUT2D eigenvalue weighted by atomic mass is 10.1. The van der Waals surface area contributed by atoms with Gasteiger partial charge in [0.1, 0.15) is 0 Å². The van der Waals surface area contributed by atoms with Crippen LogP contribution in [0.3, 0.4) is 0 Å². The molecule has 4 heteroatoms. The monoisotopic (exact) mass is 250 g/mol. The van der Waals surface area contributed by atoms with E-state index in [9.17, 15) is 0 Å². The van der Waals surface area contributed by atoms with E-state index in [0.717, 1.165) is 10.8 Å². The van der Waals surface area contributed by atoms with Crippen LogP contribution in [-0.4, -0.2) is 22.0 Å². The largest absolute Gasteiger partial charge is 0.381 e. The predicted octanol–water partition coefficient (Wildman–Crippen LogP) is 3.60. The molecule has 2 unspecified atom stereocenters. The summed E-state index contributed by atoms with van der Waals surface area (Å²) < 4.78 is 1.27. The molecule has 2 aromatic rings. The van der Waals surface area contributed by atoms with Gasteiger partial charge in [-0.05, 0) is 30.4 Å². The summed E-state index contributed by atoms with van der Waals surface area (Å²) in [4.78, 5) is 4.29. The van der Waals surface area contributed by atoms with Crippen molar-refractivity contribution in [2.45, 2.75) is 24.6 Å². The third kappa shape index (κ3) is 1.92. The van der Waals surface area contributed by atoms with E-state index in [1.165, 1.54) is 22.6 Å². The second kappa shape index (κ2) is 4.26. The summed E-state index contributed by atoms with van der Waals surface area (Å²) in [5, 5.41) is 4.35. The summed E-state index contributed by atoms with van der Waals surface area (Å²) in [5.74, 6) is 1.28. The van der Waals surface area contributed by atoms with Crippen molar-refractivity contribution in [1.29, 1.82) is 0 Å². The number of benzene rings is 1. The fourth-order valence-corrected chi connectivity index (χ4v) is 3.99. The molecule has 84 valence electrons. The van der Waals surface area contributed by atoms with Gasteiger partial charge in [0.25, 0.3) is 0 Å². The van der Waals surface area contributed by atoms with E-state index < -0.39 is 0 Å². The Morgan fingerprint density at radius 2 is 2.38 bits per heavy atom. The minimum absolute atomic E-state index is 0.621. The van der Waals surface area contributed by atoms with Gasteiger partial charge in [-0.2, -0.15) is 11.8 Å². The number of rotatable bonds is 2. The van der Waals surface area contributed by atoms with Gasteiger partial charge in [0.05, 0.1) is 15.7 Å². The average Bonchev–Trinajstić information content (AvgIpc) is 2.88. The van der Waals surface area contributed by atoms with E-state index in [-0.39, 0.29) is 0 Å². The van der Waals surface area contributed by atoms with Gasteiger partial charge in [0.2, 0.25) is 0 Å². The molecule has 1 aromatic heterocycles. The van der Waals surface area contributed by atoms with Crippen molar-refractivity contribution < 1.29 is 0 Å². The van der Waals surface area contributed by atoms with Crippen LogP contribution < -0.4 is 5.32 Å². The average molecular weight is 250 g/mol. The van der Waals surface area contributed by atoms with Gasteiger partial charge >= 0.3 is 0 Å². The van der Waals surface area contributed by atoms with Gasteiger partial charge in [-0.1, -0.05) is 6.92 Å². The van der Waals surface area contributed by atoms with Gasteiger partial charge in [0, 0.05) is 17.0 Å². The molecule has 0 radical (unpaired) electrons. The molecule has 3 rings (SSSR count). The molecule has 0 amide bonds. The first-order valence-electron chi connectivity index (χ1n) is 5.54. The highest BCUT2D eigenvalue weighted by atomic mass is 32.2. The van der Waals surface area contributed by atoms with Crippen molar-refractivity contribution in [3.63, 3.8) is 0 Å². The van der Waals surface area contributed by atoms with Crippen LogP contribution in [0.15, 0.2) is 23.7 Å². The Hall–Kier alpha value is -0.740. The first kappa shape index (κ1) is 10.4. The van der Waals surface area contributed by atoms with Crippen LogP contribution in [-0.2, 0) is 0 Å². The minimum Gasteiger partial charge on any atom is -0.381 e. The molecule has 0 bridgehead atoms. The minimum atomic E-state index is 0.621. The summed E-state index contributed by atoms with van der Waals surface area (Å²) in [6.45, 7) is 2.31. The summed E-state index contributed by atoms with van der Waals surface area (Å²) >= 11 is 3.76. The topological polar surface area (TPSA) is 24.9 Å². The maximum absolute atomic E-state index is 4.29. The summed E-state index contributed by atoms with van der Waals surface area (Å²) in [7, 11) is 0. The number of nitrogens with one attached hydrogen (secondary N) is 1. The number of nitrogens with zero attached hydrogens (tertiary/aromatic N) is 1. The lowest BCUT2D eigenvalue weighted by Crippen LogP contribution is -2.24. The van der Waals surface area contributed by atoms with Crippen LogP contribution in [0, 0.1) is 0 Å². The molecule has 0 saturated carbocycles. The van der Waals surface area contributed by atoms with Crippen LogP contribution in [0.5, 0.6) is 0 Å². The normalized spacial score (nSPS) is 25.1. The summed E-state index contributed by atoms with van der Waals surface area (Å²) in [6, 6.07) is 7.07. The van der Waals surface area contributed by atoms with Crippen LogP contribution in [0.1, 0.15) is 13.3 Å². The molecule has 0 spiro atoms. The van der Waals surface area contributed by atoms with E-state index in [0.29, 0.717) is 6.04 Å². The van der Waals surface area contributed by atoms with Gasteiger partial charge in [-0.3, -0.25) is 0 Å². The van der Waals surface area contributed by atoms with E-state index >= 15 is 0 Å². The zero-order chi connectivity index (χ0) is 11.0. The first-order valence-corrected chi connectivity index (χ1v) is 7.47. The highest BCUT2D eigenvalue weighted by Gasteiger charge is 2.23. The van der Waals surface area contributed by atoms with E-state index in [2.05, 4.69) is 47.2 Å².